The molecule has 1 unspecified atom stereocenters. The van der Waals surface area contributed by atoms with Crippen molar-refractivity contribution >= 4 is 5.96 Å². The second-order valence-corrected chi connectivity index (χ2v) is 6.85. The minimum absolute atomic E-state index is 0.471. The maximum Gasteiger partial charge on any atom is 0.191 e. The lowest BCUT2D eigenvalue weighted by atomic mass is 10.0. The summed E-state index contributed by atoms with van der Waals surface area (Å²) in [5.41, 5.74) is 1.17. The maximum atomic E-state index is 5.56. The number of aliphatic imine (C=N–C) groups is 1. The third-order valence-electron chi connectivity index (χ3n) is 4.66. The first-order valence-electron chi connectivity index (χ1n) is 9.62. The molecule has 1 atom stereocenters. The van der Waals surface area contributed by atoms with Crippen molar-refractivity contribution in [1.82, 2.24) is 15.5 Å². The normalized spacial score (nSPS) is 17.2. The second kappa shape index (κ2) is 11.0. The molecule has 1 fully saturated rings. The zero-order chi connectivity index (χ0) is 18.8. The molecule has 0 bridgehead atoms. The van der Waals surface area contributed by atoms with Gasteiger partial charge in [0.25, 0.3) is 0 Å². The van der Waals surface area contributed by atoms with E-state index in [1.165, 1.54) is 5.56 Å². The van der Waals surface area contributed by atoms with Crippen molar-refractivity contribution in [2.24, 2.45) is 10.9 Å². The van der Waals surface area contributed by atoms with Crippen LogP contribution in [-0.2, 0) is 11.3 Å². The molecule has 26 heavy (non-hydrogen) atoms. The van der Waals surface area contributed by atoms with E-state index >= 15 is 0 Å². The fraction of sp³-hybridized carbons (Fsp3) is 0.650. The molecule has 1 aliphatic rings. The smallest absolute Gasteiger partial charge is 0.191 e. The molecular weight excluding hydrogens is 328 g/mol. The average molecular weight is 363 g/mol. The monoisotopic (exact) mass is 362 g/mol. The number of nitrogens with one attached hydrogen (secondary N) is 2. The van der Waals surface area contributed by atoms with E-state index in [-0.39, 0.29) is 0 Å². The molecule has 146 valence electrons. The van der Waals surface area contributed by atoms with Gasteiger partial charge < -0.3 is 20.1 Å². The van der Waals surface area contributed by atoms with E-state index in [9.17, 15) is 0 Å². The molecule has 2 N–H and O–H groups in total. The summed E-state index contributed by atoms with van der Waals surface area (Å²) in [6.07, 6.45) is 0. The van der Waals surface area contributed by atoms with E-state index in [2.05, 4.69) is 46.5 Å². The minimum atomic E-state index is 0.471. The fourth-order valence-electron chi connectivity index (χ4n) is 3.22. The van der Waals surface area contributed by atoms with Crippen LogP contribution in [0.3, 0.4) is 0 Å². The first-order chi connectivity index (χ1) is 12.6. The third kappa shape index (κ3) is 6.50. The van der Waals surface area contributed by atoms with Gasteiger partial charge >= 0.3 is 0 Å². The SMILES string of the molecule is CCOc1cccc(CNC(=NC)NCC(C(C)C)N2CCOCC2)c1. The molecular formula is C20H34N4O2. The van der Waals surface area contributed by atoms with Crippen molar-refractivity contribution < 1.29 is 9.47 Å². The van der Waals surface area contributed by atoms with Gasteiger partial charge in [-0.25, -0.2) is 0 Å². The van der Waals surface area contributed by atoms with Gasteiger partial charge in [0.05, 0.1) is 19.8 Å². The van der Waals surface area contributed by atoms with Crippen LogP contribution in [0.5, 0.6) is 5.75 Å². The Labute approximate surface area is 158 Å². The van der Waals surface area contributed by atoms with E-state index in [1.807, 2.05) is 26.1 Å². The molecule has 6 nitrogen and oxygen atoms in total. The van der Waals surface area contributed by atoms with Crippen molar-refractivity contribution in [2.45, 2.75) is 33.4 Å². The fourth-order valence-corrected chi connectivity index (χ4v) is 3.22. The van der Waals surface area contributed by atoms with Gasteiger partial charge in [-0.3, -0.25) is 9.89 Å². The molecule has 1 saturated heterocycles. The number of ether oxygens (including phenoxy) is 2. The van der Waals surface area contributed by atoms with Gasteiger partial charge in [0.2, 0.25) is 0 Å². The van der Waals surface area contributed by atoms with E-state index in [0.717, 1.165) is 44.6 Å². The quantitative estimate of drug-likeness (QED) is 0.548. The van der Waals surface area contributed by atoms with Crippen molar-refractivity contribution in [3.05, 3.63) is 29.8 Å². The summed E-state index contributed by atoms with van der Waals surface area (Å²) in [6.45, 7) is 12.5. The molecule has 0 aromatic heterocycles. The number of hydrogen-bond donors (Lipinski definition) is 2. The van der Waals surface area contributed by atoms with Crippen LogP contribution in [0, 0.1) is 5.92 Å². The number of benzene rings is 1. The Kier molecular flexibility index (Phi) is 8.71. The Morgan fingerprint density at radius 3 is 2.69 bits per heavy atom. The lowest BCUT2D eigenvalue weighted by Crippen LogP contribution is -2.52. The van der Waals surface area contributed by atoms with Crippen LogP contribution in [-0.4, -0.2) is 63.4 Å². The molecule has 0 spiro atoms. The Hall–Kier alpha value is -1.79. The van der Waals surface area contributed by atoms with E-state index < -0.39 is 0 Å². The van der Waals surface area contributed by atoms with Gasteiger partial charge in [-0.05, 0) is 30.5 Å². The van der Waals surface area contributed by atoms with E-state index in [1.54, 1.807) is 0 Å². The van der Waals surface area contributed by atoms with Crippen molar-refractivity contribution in [3.8, 4) is 5.75 Å². The Balaban J connectivity index is 1.85. The van der Waals surface area contributed by atoms with Crippen molar-refractivity contribution in [3.63, 3.8) is 0 Å². The Morgan fingerprint density at radius 2 is 2.04 bits per heavy atom. The summed E-state index contributed by atoms with van der Waals surface area (Å²) in [6, 6.07) is 8.63. The number of hydrogen-bond acceptors (Lipinski definition) is 4. The summed E-state index contributed by atoms with van der Waals surface area (Å²) in [4.78, 5) is 6.87. The van der Waals surface area contributed by atoms with Crippen LogP contribution in [0.4, 0.5) is 0 Å². The van der Waals surface area contributed by atoms with E-state index in [0.29, 0.717) is 25.1 Å². The average Bonchev–Trinajstić information content (AvgIpc) is 2.65. The van der Waals surface area contributed by atoms with Crippen molar-refractivity contribution in [1.29, 1.82) is 0 Å². The van der Waals surface area contributed by atoms with Crippen LogP contribution in [0.2, 0.25) is 0 Å². The largest absolute Gasteiger partial charge is 0.494 e. The van der Waals surface area contributed by atoms with Crippen LogP contribution < -0.4 is 15.4 Å². The molecule has 0 amide bonds. The zero-order valence-electron chi connectivity index (χ0n) is 16.6. The van der Waals surface area contributed by atoms with Crippen LogP contribution in [0.15, 0.2) is 29.3 Å². The molecule has 1 heterocycles. The molecule has 0 radical (unpaired) electrons. The third-order valence-corrected chi connectivity index (χ3v) is 4.66. The summed E-state index contributed by atoms with van der Waals surface area (Å²) in [7, 11) is 1.81. The highest BCUT2D eigenvalue weighted by molar-refractivity contribution is 5.79. The molecule has 2 rings (SSSR count). The van der Waals surface area contributed by atoms with Gasteiger partial charge in [0.15, 0.2) is 5.96 Å². The van der Waals surface area contributed by atoms with Gasteiger partial charge in [0.1, 0.15) is 5.75 Å². The predicted octanol–water partition coefficient (Wildman–Crippen LogP) is 2.11. The molecule has 0 saturated carbocycles. The Bertz CT molecular complexity index is 556. The first-order valence-corrected chi connectivity index (χ1v) is 9.62. The summed E-state index contributed by atoms with van der Waals surface area (Å²) < 4.78 is 11.0. The van der Waals surface area contributed by atoms with Crippen LogP contribution in [0.25, 0.3) is 0 Å². The lowest BCUT2D eigenvalue weighted by Gasteiger charge is -2.37. The second-order valence-electron chi connectivity index (χ2n) is 6.85. The van der Waals surface area contributed by atoms with Gasteiger partial charge in [-0.15, -0.1) is 0 Å². The standard InChI is InChI=1S/C20H34N4O2/c1-5-26-18-8-6-7-17(13-18)14-22-20(21-4)23-15-19(16(2)3)24-9-11-25-12-10-24/h6-8,13,16,19H,5,9-12,14-15H2,1-4H3,(H2,21,22,23). The lowest BCUT2D eigenvalue weighted by molar-refractivity contribution is 0.00752. The van der Waals surface area contributed by atoms with Crippen LogP contribution in [0.1, 0.15) is 26.3 Å². The summed E-state index contributed by atoms with van der Waals surface area (Å²) in [5.74, 6) is 2.30. The van der Waals surface area contributed by atoms with Crippen molar-refractivity contribution in [2.75, 3.05) is 46.5 Å². The number of guanidine groups is 1. The number of rotatable bonds is 8. The molecule has 0 aliphatic carbocycles. The van der Waals surface area contributed by atoms with Gasteiger partial charge in [-0.2, -0.15) is 0 Å². The summed E-state index contributed by atoms with van der Waals surface area (Å²) in [5, 5.41) is 6.88. The Morgan fingerprint density at radius 1 is 1.27 bits per heavy atom. The summed E-state index contributed by atoms with van der Waals surface area (Å²) >= 11 is 0. The predicted molar refractivity (Wildman–Crippen MR) is 107 cm³/mol. The van der Waals surface area contributed by atoms with E-state index in [4.69, 9.17) is 9.47 Å². The topological polar surface area (TPSA) is 58.1 Å². The number of nitrogens with zero attached hydrogens (tertiary/aromatic N) is 2. The minimum Gasteiger partial charge on any atom is -0.494 e. The zero-order valence-corrected chi connectivity index (χ0v) is 16.6. The molecule has 1 aliphatic heterocycles. The number of morpholine rings is 1. The molecule has 1 aromatic carbocycles. The highest BCUT2D eigenvalue weighted by atomic mass is 16.5. The van der Waals surface area contributed by atoms with Crippen LogP contribution >= 0.6 is 0 Å². The van der Waals surface area contributed by atoms with Gasteiger partial charge in [-0.1, -0.05) is 26.0 Å². The van der Waals surface area contributed by atoms with Gasteiger partial charge in [0, 0.05) is 39.3 Å². The first kappa shape index (κ1) is 20.5. The molecule has 1 aromatic rings. The maximum absolute atomic E-state index is 5.56. The highest BCUT2D eigenvalue weighted by Crippen LogP contribution is 2.13. The highest BCUT2D eigenvalue weighted by Gasteiger charge is 2.23. The molecule has 6 heteroatoms.